The number of hydrogen-bond acceptors (Lipinski definition) is 4. The summed E-state index contributed by atoms with van der Waals surface area (Å²) in [6.45, 7) is 5.48. The lowest BCUT2D eigenvalue weighted by Crippen LogP contribution is -2.38. The highest BCUT2D eigenvalue weighted by Gasteiger charge is 2.21. The fourth-order valence-corrected chi connectivity index (χ4v) is 3.05. The lowest BCUT2D eigenvalue weighted by atomic mass is 10.1. The average Bonchev–Trinajstić information content (AvgIpc) is 3.18. The number of rotatable bonds is 8. The molecule has 3 aromatic rings. The van der Waals surface area contributed by atoms with Crippen LogP contribution >= 0.6 is 12.4 Å². The third kappa shape index (κ3) is 5.37. The molecule has 1 heterocycles. The van der Waals surface area contributed by atoms with Gasteiger partial charge in [-0.1, -0.05) is 37.3 Å². The first kappa shape index (κ1) is 22.5. The van der Waals surface area contributed by atoms with E-state index >= 15 is 0 Å². The van der Waals surface area contributed by atoms with Crippen LogP contribution in [-0.4, -0.2) is 41.9 Å². The molecule has 1 aromatic heterocycles. The van der Waals surface area contributed by atoms with Crippen molar-refractivity contribution in [1.82, 2.24) is 20.4 Å². The van der Waals surface area contributed by atoms with Crippen molar-refractivity contribution in [3.63, 3.8) is 0 Å². The second kappa shape index (κ2) is 10.6. The van der Waals surface area contributed by atoms with Crippen LogP contribution in [0.1, 0.15) is 24.2 Å². The van der Waals surface area contributed by atoms with Gasteiger partial charge in [-0.3, -0.25) is 4.79 Å². The second-order valence-corrected chi connectivity index (χ2v) is 6.54. The van der Waals surface area contributed by atoms with Gasteiger partial charge in [-0.05, 0) is 37.7 Å². The number of aromatic nitrogens is 2. The van der Waals surface area contributed by atoms with Crippen molar-refractivity contribution in [2.75, 3.05) is 20.2 Å². The van der Waals surface area contributed by atoms with Crippen LogP contribution in [0.25, 0.3) is 16.9 Å². The molecule has 1 atom stereocenters. The van der Waals surface area contributed by atoms with Gasteiger partial charge in [0.05, 0.1) is 18.4 Å². The van der Waals surface area contributed by atoms with E-state index < -0.39 is 0 Å². The topological polar surface area (TPSA) is 68.2 Å². The summed E-state index contributed by atoms with van der Waals surface area (Å²) in [5.74, 6) is 0.517. The number of para-hydroxylation sites is 2. The molecule has 0 radical (unpaired) electrons. The normalized spacial score (nSPS) is 11.4. The number of halogens is 1. The van der Waals surface area contributed by atoms with E-state index in [2.05, 4.69) is 10.6 Å². The average molecular weight is 415 g/mol. The van der Waals surface area contributed by atoms with Crippen LogP contribution in [0, 0.1) is 0 Å². The van der Waals surface area contributed by atoms with Gasteiger partial charge in [0.25, 0.3) is 5.91 Å². The van der Waals surface area contributed by atoms with Crippen molar-refractivity contribution >= 4 is 18.3 Å². The van der Waals surface area contributed by atoms with E-state index in [1.807, 2.05) is 68.4 Å². The smallest absolute Gasteiger partial charge is 0.255 e. The second-order valence-electron chi connectivity index (χ2n) is 6.54. The number of hydrogen-bond donors (Lipinski definition) is 2. The van der Waals surface area contributed by atoms with E-state index in [1.54, 1.807) is 18.0 Å². The Morgan fingerprint density at radius 3 is 2.52 bits per heavy atom. The van der Waals surface area contributed by atoms with Gasteiger partial charge in [0, 0.05) is 24.3 Å². The Hall–Kier alpha value is -2.83. The Balaban J connectivity index is 0.00000300. The maximum absolute atomic E-state index is 13.0. The largest absolute Gasteiger partial charge is 0.496 e. The molecule has 2 N–H and O–H groups in total. The third-order valence-electron chi connectivity index (χ3n) is 4.46. The van der Waals surface area contributed by atoms with Crippen molar-refractivity contribution < 1.29 is 9.53 Å². The van der Waals surface area contributed by atoms with Gasteiger partial charge in [-0.15, -0.1) is 12.4 Å². The molecule has 0 spiro atoms. The zero-order valence-electron chi connectivity index (χ0n) is 16.9. The highest BCUT2D eigenvalue weighted by Crippen LogP contribution is 2.31. The van der Waals surface area contributed by atoms with Crippen LogP contribution in [0.4, 0.5) is 0 Å². The SMILES string of the molecule is CCN[C@H](C)CNC(=O)c1cn(-c2ccccc2)nc1-c1ccccc1OC.Cl. The molecule has 0 aliphatic carbocycles. The molecule has 0 unspecified atom stereocenters. The quantitative estimate of drug-likeness (QED) is 0.589. The summed E-state index contributed by atoms with van der Waals surface area (Å²) in [4.78, 5) is 13.0. The number of nitrogens with zero attached hydrogens (tertiary/aromatic N) is 2. The monoisotopic (exact) mass is 414 g/mol. The van der Waals surface area contributed by atoms with E-state index in [0.717, 1.165) is 17.8 Å². The number of carbonyl (C=O) groups is 1. The molecule has 6 nitrogen and oxygen atoms in total. The molecule has 3 rings (SSSR count). The summed E-state index contributed by atoms with van der Waals surface area (Å²) in [6, 6.07) is 17.5. The summed E-state index contributed by atoms with van der Waals surface area (Å²) < 4.78 is 7.22. The van der Waals surface area contributed by atoms with Crippen LogP contribution in [0.3, 0.4) is 0 Å². The summed E-state index contributed by atoms with van der Waals surface area (Å²) in [5, 5.41) is 11.0. The molecule has 29 heavy (non-hydrogen) atoms. The van der Waals surface area contributed by atoms with Crippen LogP contribution in [0.2, 0.25) is 0 Å². The molecule has 0 saturated heterocycles. The lowest BCUT2D eigenvalue weighted by Gasteiger charge is -2.13. The zero-order valence-corrected chi connectivity index (χ0v) is 17.7. The summed E-state index contributed by atoms with van der Waals surface area (Å²) in [5.41, 5.74) is 2.77. The van der Waals surface area contributed by atoms with Crippen LogP contribution in [0.5, 0.6) is 5.75 Å². The Labute approximate surface area is 177 Å². The molecule has 7 heteroatoms. The lowest BCUT2D eigenvalue weighted by molar-refractivity contribution is 0.0951. The van der Waals surface area contributed by atoms with Gasteiger partial charge in [0.1, 0.15) is 11.4 Å². The van der Waals surface area contributed by atoms with Crippen molar-refractivity contribution in [3.8, 4) is 22.7 Å². The molecular weight excluding hydrogens is 388 g/mol. The number of methoxy groups -OCH3 is 1. The standard InChI is InChI=1S/C22H26N4O2.ClH/c1-4-23-16(2)14-24-22(27)19-15-26(17-10-6-5-7-11-17)25-21(19)18-12-8-9-13-20(18)28-3;/h5-13,15-16,23H,4,14H2,1-3H3,(H,24,27);1H/t16-;/m1./s1. The van der Waals surface area contributed by atoms with Crippen molar-refractivity contribution in [1.29, 1.82) is 0 Å². The number of ether oxygens (including phenoxy) is 1. The Morgan fingerprint density at radius 1 is 1.14 bits per heavy atom. The number of nitrogens with one attached hydrogen (secondary N) is 2. The summed E-state index contributed by atoms with van der Waals surface area (Å²) in [6.07, 6.45) is 1.77. The van der Waals surface area contributed by atoms with Gasteiger partial charge in [-0.2, -0.15) is 5.10 Å². The van der Waals surface area contributed by atoms with Gasteiger partial charge in [-0.25, -0.2) is 4.68 Å². The molecule has 2 aromatic carbocycles. The van der Waals surface area contributed by atoms with E-state index in [-0.39, 0.29) is 24.4 Å². The minimum atomic E-state index is -0.159. The maximum atomic E-state index is 13.0. The molecule has 0 bridgehead atoms. The predicted octanol–water partition coefficient (Wildman–Crippen LogP) is 3.70. The van der Waals surface area contributed by atoms with E-state index in [1.165, 1.54) is 0 Å². The zero-order chi connectivity index (χ0) is 19.9. The highest BCUT2D eigenvalue weighted by atomic mass is 35.5. The first-order valence-corrected chi connectivity index (χ1v) is 9.44. The summed E-state index contributed by atoms with van der Waals surface area (Å²) >= 11 is 0. The van der Waals surface area contributed by atoms with Crippen molar-refractivity contribution in [2.24, 2.45) is 0 Å². The van der Waals surface area contributed by atoms with Gasteiger partial charge in [0.15, 0.2) is 0 Å². The van der Waals surface area contributed by atoms with Gasteiger partial charge in [0.2, 0.25) is 0 Å². The molecule has 0 saturated carbocycles. The maximum Gasteiger partial charge on any atom is 0.255 e. The van der Waals surface area contributed by atoms with Crippen LogP contribution in [-0.2, 0) is 0 Å². The fourth-order valence-electron chi connectivity index (χ4n) is 3.05. The van der Waals surface area contributed by atoms with Crippen LogP contribution < -0.4 is 15.4 Å². The first-order chi connectivity index (χ1) is 13.6. The molecule has 154 valence electrons. The first-order valence-electron chi connectivity index (χ1n) is 9.44. The molecule has 1 amide bonds. The van der Waals surface area contributed by atoms with Gasteiger partial charge >= 0.3 is 0 Å². The summed E-state index contributed by atoms with van der Waals surface area (Å²) in [7, 11) is 1.62. The van der Waals surface area contributed by atoms with Crippen molar-refractivity contribution in [3.05, 3.63) is 66.4 Å². The molecule has 0 aliphatic rings. The Morgan fingerprint density at radius 2 is 1.83 bits per heavy atom. The van der Waals surface area contributed by atoms with Crippen LogP contribution in [0.15, 0.2) is 60.8 Å². The Bertz CT molecular complexity index is 928. The minimum absolute atomic E-state index is 0. The number of likely N-dealkylation sites (N-methyl/N-ethyl adjacent to an activating group) is 1. The van der Waals surface area contributed by atoms with Crippen molar-refractivity contribution in [2.45, 2.75) is 19.9 Å². The number of amides is 1. The van der Waals surface area contributed by atoms with E-state index in [0.29, 0.717) is 23.6 Å². The number of carbonyl (C=O) groups excluding carboxylic acids is 1. The minimum Gasteiger partial charge on any atom is -0.496 e. The fraction of sp³-hybridized carbons (Fsp3) is 0.273. The van der Waals surface area contributed by atoms with E-state index in [4.69, 9.17) is 9.84 Å². The van der Waals surface area contributed by atoms with Gasteiger partial charge < -0.3 is 15.4 Å². The molecule has 0 fully saturated rings. The van der Waals surface area contributed by atoms with E-state index in [9.17, 15) is 4.79 Å². The highest BCUT2D eigenvalue weighted by molar-refractivity contribution is 6.00. The number of benzene rings is 2. The predicted molar refractivity (Wildman–Crippen MR) is 118 cm³/mol. The molecular formula is C22H27ClN4O2. The molecule has 0 aliphatic heterocycles. The third-order valence-corrected chi connectivity index (χ3v) is 4.46. The Kier molecular flexibility index (Phi) is 8.24.